The normalized spacial score (nSPS) is 11.5. The van der Waals surface area contributed by atoms with Gasteiger partial charge in [0.25, 0.3) is 0 Å². The minimum absolute atomic E-state index is 0.0404. The number of halogens is 3. The molecule has 1 aromatic heterocycles. The Morgan fingerprint density at radius 1 is 1.33 bits per heavy atom. The van der Waals surface area contributed by atoms with Crippen molar-refractivity contribution in [3.8, 4) is 5.75 Å². The number of alkyl halides is 3. The SMILES string of the molecule is Nc1cc(C(F)(F)F)ccc1OCc1nccs1. The van der Waals surface area contributed by atoms with E-state index in [1.165, 1.54) is 17.4 Å². The Kier molecular flexibility index (Phi) is 3.42. The van der Waals surface area contributed by atoms with Gasteiger partial charge in [-0.2, -0.15) is 13.2 Å². The number of thiazole rings is 1. The number of nitrogens with two attached hydrogens (primary N) is 1. The Morgan fingerprint density at radius 3 is 2.67 bits per heavy atom. The number of hydrogen-bond acceptors (Lipinski definition) is 4. The second kappa shape index (κ2) is 4.85. The first kappa shape index (κ1) is 12.7. The van der Waals surface area contributed by atoms with Crippen LogP contribution in [0, 0.1) is 0 Å². The highest BCUT2D eigenvalue weighted by molar-refractivity contribution is 7.09. The molecule has 2 aromatic rings. The lowest BCUT2D eigenvalue weighted by atomic mass is 10.2. The smallest absolute Gasteiger partial charge is 0.416 e. The van der Waals surface area contributed by atoms with Gasteiger partial charge in [-0.05, 0) is 18.2 Å². The summed E-state index contributed by atoms with van der Waals surface area (Å²) in [5.41, 5.74) is 4.68. The van der Waals surface area contributed by atoms with Crippen molar-refractivity contribution in [1.29, 1.82) is 0 Å². The van der Waals surface area contributed by atoms with E-state index >= 15 is 0 Å². The number of hydrogen-bond donors (Lipinski definition) is 1. The third-order valence-electron chi connectivity index (χ3n) is 2.17. The number of rotatable bonds is 3. The molecule has 96 valence electrons. The summed E-state index contributed by atoms with van der Waals surface area (Å²) < 4.78 is 42.5. The Balaban J connectivity index is 2.10. The summed E-state index contributed by atoms with van der Waals surface area (Å²) in [5.74, 6) is 0.221. The molecule has 3 nitrogen and oxygen atoms in total. The molecule has 1 heterocycles. The maximum atomic E-state index is 12.4. The molecule has 0 saturated carbocycles. The third kappa shape index (κ3) is 2.92. The average molecular weight is 274 g/mol. The molecule has 0 aliphatic carbocycles. The summed E-state index contributed by atoms with van der Waals surface area (Å²) in [6.45, 7) is 0.188. The van der Waals surface area contributed by atoms with Crippen molar-refractivity contribution >= 4 is 17.0 Å². The first-order chi connectivity index (χ1) is 8.47. The van der Waals surface area contributed by atoms with Crippen LogP contribution in [0.2, 0.25) is 0 Å². The quantitative estimate of drug-likeness (QED) is 0.873. The number of ether oxygens (including phenoxy) is 1. The zero-order valence-electron chi connectivity index (χ0n) is 9.07. The summed E-state index contributed by atoms with van der Waals surface area (Å²) in [6, 6.07) is 3.01. The lowest BCUT2D eigenvalue weighted by Gasteiger charge is -2.11. The van der Waals surface area contributed by atoms with E-state index < -0.39 is 11.7 Å². The summed E-state index contributed by atoms with van der Waals surface area (Å²) in [6.07, 6.45) is -2.78. The van der Waals surface area contributed by atoms with E-state index in [0.717, 1.165) is 17.1 Å². The van der Waals surface area contributed by atoms with E-state index in [1.54, 1.807) is 11.6 Å². The van der Waals surface area contributed by atoms with Crippen molar-refractivity contribution in [3.63, 3.8) is 0 Å². The molecule has 2 rings (SSSR count). The number of aromatic nitrogens is 1. The number of nitrogens with zero attached hydrogens (tertiary/aromatic N) is 1. The molecule has 0 atom stereocenters. The predicted octanol–water partition coefficient (Wildman–Crippen LogP) is 3.32. The van der Waals surface area contributed by atoms with Gasteiger partial charge in [-0.3, -0.25) is 0 Å². The minimum Gasteiger partial charge on any atom is -0.484 e. The van der Waals surface area contributed by atoms with Crippen molar-refractivity contribution in [1.82, 2.24) is 4.98 Å². The molecule has 0 aliphatic heterocycles. The molecular formula is C11H9F3N2OS. The van der Waals surface area contributed by atoms with Crippen LogP contribution in [0.4, 0.5) is 18.9 Å². The second-order valence-electron chi connectivity index (χ2n) is 3.46. The molecule has 0 spiro atoms. The zero-order valence-corrected chi connectivity index (χ0v) is 9.89. The first-order valence-electron chi connectivity index (χ1n) is 4.94. The van der Waals surface area contributed by atoms with Gasteiger partial charge >= 0.3 is 6.18 Å². The van der Waals surface area contributed by atoms with Crippen LogP contribution in [0.3, 0.4) is 0 Å². The van der Waals surface area contributed by atoms with E-state index in [4.69, 9.17) is 10.5 Å². The Labute approximate surface area is 105 Å². The number of anilines is 1. The number of nitrogen functional groups attached to an aromatic ring is 1. The standard InChI is InChI=1S/C11H9F3N2OS/c12-11(13,14)7-1-2-9(8(15)5-7)17-6-10-16-3-4-18-10/h1-5H,6,15H2. The maximum absolute atomic E-state index is 12.4. The van der Waals surface area contributed by atoms with E-state index in [1.807, 2.05) is 0 Å². The van der Waals surface area contributed by atoms with Gasteiger partial charge in [0.15, 0.2) is 0 Å². The molecule has 0 bridgehead atoms. The van der Waals surface area contributed by atoms with Gasteiger partial charge in [-0.1, -0.05) is 0 Å². The Bertz CT molecular complexity index is 526. The van der Waals surface area contributed by atoms with E-state index in [2.05, 4.69) is 4.98 Å². The zero-order chi connectivity index (χ0) is 13.2. The molecule has 0 amide bonds. The van der Waals surface area contributed by atoms with Crippen molar-refractivity contribution < 1.29 is 17.9 Å². The molecule has 1 aromatic carbocycles. The van der Waals surface area contributed by atoms with Crippen molar-refractivity contribution in [3.05, 3.63) is 40.3 Å². The molecular weight excluding hydrogens is 265 g/mol. The summed E-state index contributed by atoms with van der Waals surface area (Å²) in [7, 11) is 0. The molecule has 0 unspecified atom stereocenters. The van der Waals surface area contributed by atoms with Gasteiger partial charge in [0.05, 0.1) is 11.3 Å². The fourth-order valence-corrected chi connectivity index (χ4v) is 1.85. The lowest BCUT2D eigenvalue weighted by Crippen LogP contribution is -2.06. The van der Waals surface area contributed by atoms with E-state index in [0.29, 0.717) is 0 Å². The third-order valence-corrected chi connectivity index (χ3v) is 2.92. The van der Waals surface area contributed by atoms with Crippen molar-refractivity contribution in [2.24, 2.45) is 0 Å². The van der Waals surface area contributed by atoms with Crippen LogP contribution in [0.15, 0.2) is 29.8 Å². The predicted molar refractivity (Wildman–Crippen MR) is 62.3 cm³/mol. The van der Waals surface area contributed by atoms with Gasteiger partial charge < -0.3 is 10.5 Å². The molecule has 0 fully saturated rings. The monoisotopic (exact) mass is 274 g/mol. The fourth-order valence-electron chi connectivity index (χ4n) is 1.32. The molecule has 0 aliphatic rings. The second-order valence-corrected chi connectivity index (χ2v) is 4.44. The molecule has 2 N–H and O–H groups in total. The van der Waals surface area contributed by atoms with Gasteiger partial charge in [-0.25, -0.2) is 4.98 Å². The average Bonchev–Trinajstić information content (AvgIpc) is 2.79. The Hall–Kier alpha value is -1.76. The van der Waals surface area contributed by atoms with E-state index in [9.17, 15) is 13.2 Å². The molecule has 18 heavy (non-hydrogen) atoms. The molecule has 7 heteroatoms. The van der Waals surface area contributed by atoms with Crippen LogP contribution < -0.4 is 10.5 Å². The molecule has 0 radical (unpaired) electrons. The number of benzene rings is 1. The van der Waals surface area contributed by atoms with Crippen molar-refractivity contribution in [2.45, 2.75) is 12.8 Å². The van der Waals surface area contributed by atoms with Crippen LogP contribution in [0.5, 0.6) is 5.75 Å². The first-order valence-corrected chi connectivity index (χ1v) is 5.82. The lowest BCUT2D eigenvalue weighted by molar-refractivity contribution is -0.137. The summed E-state index contributed by atoms with van der Waals surface area (Å²) in [5, 5.41) is 2.52. The highest BCUT2D eigenvalue weighted by Gasteiger charge is 2.30. The molecule has 0 saturated heterocycles. The highest BCUT2D eigenvalue weighted by atomic mass is 32.1. The van der Waals surface area contributed by atoms with Gasteiger partial charge in [0, 0.05) is 11.6 Å². The van der Waals surface area contributed by atoms with Gasteiger partial charge in [0.2, 0.25) is 0 Å². The van der Waals surface area contributed by atoms with Crippen LogP contribution in [0.25, 0.3) is 0 Å². The van der Waals surface area contributed by atoms with Gasteiger partial charge in [0.1, 0.15) is 17.4 Å². The van der Waals surface area contributed by atoms with Crippen LogP contribution >= 0.6 is 11.3 Å². The topological polar surface area (TPSA) is 48.1 Å². The van der Waals surface area contributed by atoms with E-state index in [-0.39, 0.29) is 18.0 Å². The van der Waals surface area contributed by atoms with Crippen molar-refractivity contribution in [2.75, 3.05) is 5.73 Å². The Morgan fingerprint density at radius 2 is 2.11 bits per heavy atom. The van der Waals surface area contributed by atoms with Crippen LogP contribution in [0.1, 0.15) is 10.6 Å². The maximum Gasteiger partial charge on any atom is 0.416 e. The van der Waals surface area contributed by atoms with Crippen LogP contribution in [-0.2, 0) is 12.8 Å². The fraction of sp³-hybridized carbons (Fsp3) is 0.182. The summed E-state index contributed by atoms with van der Waals surface area (Å²) >= 11 is 1.40. The summed E-state index contributed by atoms with van der Waals surface area (Å²) in [4.78, 5) is 3.99. The highest BCUT2D eigenvalue weighted by Crippen LogP contribution is 2.33. The largest absolute Gasteiger partial charge is 0.484 e. The van der Waals surface area contributed by atoms with Crippen LogP contribution in [-0.4, -0.2) is 4.98 Å². The minimum atomic E-state index is -4.40. The van der Waals surface area contributed by atoms with Gasteiger partial charge in [-0.15, -0.1) is 11.3 Å².